The first kappa shape index (κ1) is 15.7. The Labute approximate surface area is 138 Å². The van der Waals surface area contributed by atoms with E-state index in [2.05, 4.69) is 10.4 Å². The predicted octanol–water partition coefficient (Wildman–Crippen LogP) is 3.33. The number of nitrogens with one attached hydrogen (secondary N) is 1. The van der Waals surface area contributed by atoms with Gasteiger partial charge in [-0.05, 0) is 25.1 Å². The molecule has 2 aromatic heterocycles. The second-order valence-corrected chi connectivity index (χ2v) is 5.49. The maximum absolute atomic E-state index is 12.2. The molecule has 1 N–H and O–H groups in total. The Morgan fingerprint density at radius 1 is 1.29 bits per heavy atom. The van der Waals surface area contributed by atoms with Crippen LogP contribution in [0.25, 0.3) is 17.0 Å². The van der Waals surface area contributed by atoms with Gasteiger partial charge in [0.1, 0.15) is 5.58 Å². The molecule has 0 atom stereocenters. The monoisotopic (exact) mass is 323 g/mol. The van der Waals surface area contributed by atoms with Gasteiger partial charge in [-0.3, -0.25) is 14.3 Å². The van der Waals surface area contributed by atoms with Gasteiger partial charge in [0, 0.05) is 36.7 Å². The predicted molar refractivity (Wildman–Crippen MR) is 91.8 cm³/mol. The molecule has 1 amide bonds. The Kier molecular flexibility index (Phi) is 4.04. The number of aromatic nitrogens is 2. The lowest BCUT2D eigenvalue weighted by atomic mass is 10.2. The highest BCUT2D eigenvalue weighted by atomic mass is 16.3. The summed E-state index contributed by atoms with van der Waals surface area (Å²) in [5.41, 5.74) is 2.77. The van der Waals surface area contributed by atoms with Crippen molar-refractivity contribution in [2.24, 2.45) is 7.05 Å². The van der Waals surface area contributed by atoms with Crippen molar-refractivity contribution in [2.45, 2.75) is 13.8 Å². The zero-order chi connectivity index (χ0) is 17.3. The van der Waals surface area contributed by atoms with E-state index in [-0.39, 0.29) is 17.5 Å². The molecule has 0 unspecified atom stereocenters. The molecule has 0 aliphatic heterocycles. The van der Waals surface area contributed by atoms with Gasteiger partial charge in [0.2, 0.25) is 5.91 Å². The van der Waals surface area contributed by atoms with E-state index in [9.17, 15) is 9.59 Å². The second-order valence-electron chi connectivity index (χ2n) is 5.49. The summed E-state index contributed by atoms with van der Waals surface area (Å²) in [6.45, 7) is 3.32. The summed E-state index contributed by atoms with van der Waals surface area (Å²) in [5, 5.41) is 7.56. The number of rotatable bonds is 4. The zero-order valence-corrected chi connectivity index (χ0v) is 13.7. The summed E-state index contributed by atoms with van der Waals surface area (Å²) < 4.78 is 7.28. The van der Waals surface area contributed by atoms with Crippen molar-refractivity contribution in [1.82, 2.24) is 9.78 Å². The summed E-state index contributed by atoms with van der Waals surface area (Å²) in [6.07, 6.45) is 4.79. The highest BCUT2D eigenvalue weighted by Crippen LogP contribution is 2.31. The van der Waals surface area contributed by atoms with Crippen molar-refractivity contribution < 1.29 is 14.0 Å². The number of carbonyl (C=O) groups excluding carboxylic acids is 2. The van der Waals surface area contributed by atoms with Crippen LogP contribution in [-0.2, 0) is 11.8 Å². The van der Waals surface area contributed by atoms with E-state index < -0.39 is 0 Å². The van der Waals surface area contributed by atoms with Gasteiger partial charge in [0.25, 0.3) is 0 Å². The van der Waals surface area contributed by atoms with Crippen molar-refractivity contribution in [1.29, 1.82) is 0 Å². The average molecular weight is 323 g/mol. The fourth-order valence-corrected chi connectivity index (χ4v) is 2.43. The Hall–Kier alpha value is -3.15. The molecule has 122 valence electrons. The van der Waals surface area contributed by atoms with E-state index >= 15 is 0 Å². The third kappa shape index (κ3) is 2.86. The number of hydrogen-bond acceptors (Lipinski definition) is 4. The molecule has 6 heteroatoms. The third-order valence-corrected chi connectivity index (χ3v) is 3.85. The molecule has 6 nitrogen and oxygen atoms in total. The fourth-order valence-electron chi connectivity index (χ4n) is 2.43. The molecule has 3 rings (SSSR count). The number of nitrogens with zero attached hydrogens (tertiary/aromatic N) is 2. The molecule has 0 bridgehead atoms. The van der Waals surface area contributed by atoms with Crippen LogP contribution >= 0.6 is 0 Å². The van der Waals surface area contributed by atoms with Gasteiger partial charge in [-0.25, -0.2) is 0 Å². The van der Waals surface area contributed by atoms with Crippen LogP contribution in [0.5, 0.6) is 0 Å². The number of para-hydroxylation sites is 1. The molecular weight excluding hydrogens is 306 g/mol. The van der Waals surface area contributed by atoms with E-state index in [0.29, 0.717) is 16.7 Å². The molecule has 0 fully saturated rings. The molecule has 0 aliphatic rings. The first-order chi connectivity index (χ1) is 11.5. The molecule has 3 aromatic rings. The number of fused-ring (bicyclic) bond motifs is 1. The van der Waals surface area contributed by atoms with Gasteiger partial charge >= 0.3 is 0 Å². The van der Waals surface area contributed by atoms with Gasteiger partial charge in [-0.2, -0.15) is 5.10 Å². The number of aryl methyl sites for hydroxylation is 1. The van der Waals surface area contributed by atoms with Crippen LogP contribution in [0, 0.1) is 6.92 Å². The normalized spacial score (nSPS) is 11.3. The molecule has 1 aromatic carbocycles. The maximum Gasteiger partial charge on any atom is 0.248 e. The number of hydrogen-bond donors (Lipinski definition) is 1. The van der Waals surface area contributed by atoms with Crippen molar-refractivity contribution in [2.75, 3.05) is 5.32 Å². The molecule has 24 heavy (non-hydrogen) atoms. The topological polar surface area (TPSA) is 77.1 Å². The van der Waals surface area contributed by atoms with Crippen LogP contribution in [0.3, 0.4) is 0 Å². The lowest BCUT2D eigenvalue weighted by Crippen LogP contribution is -2.10. The Morgan fingerprint density at radius 2 is 2.04 bits per heavy atom. The second kappa shape index (κ2) is 6.16. The van der Waals surface area contributed by atoms with Gasteiger partial charge in [-0.1, -0.05) is 12.1 Å². The quantitative estimate of drug-likeness (QED) is 0.590. The first-order valence-electron chi connectivity index (χ1n) is 7.47. The summed E-state index contributed by atoms with van der Waals surface area (Å²) >= 11 is 0. The number of benzene rings is 1. The molecule has 0 spiro atoms. The third-order valence-electron chi connectivity index (χ3n) is 3.85. The number of ketones is 1. The molecule has 2 heterocycles. The minimum Gasteiger partial charge on any atom is -0.451 e. The number of carbonyl (C=O) groups is 2. The smallest absolute Gasteiger partial charge is 0.248 e. The van der Waals surface area contributed by atoms with Crippen LogP contribution in [0.4, 0.5) is 5.69 Å². The first-order valence-corrected chi connectivity index (χ1v) is 7.47. The largest absolute Gasteiger partial charge is 0.451 e. The Morgan fingerprint density at radius 3 is 2.71 bits per heavy atom. The van der Waals surface area contributed by atoms with Crippen molar-refractivity contribution >= 4 is 34.4 Å². The number of amides is 1. The van der Waals surface area contributed by atoms with Gasteiger partial charge < -0.3 is 9.73 Å². The van der Waals surface area contributed by atoms with Crippen LogP contribution in [-0.4, -0.2) is 21.5 Å². The van der Waals surface area contributed by atoms with Crippen LogP contribution in [0.1, 0.15) is 28.7 Å². The molecule has 0 saturated carbocycles. The summed E-state index contributed by atoms with van der Waals surface area (Å²) in [4.78, 5) is 24.0. The molecular formula is C18H17N3O3. The summed E-state index contributed by atoms with van der Waals surface area (Å²) in [6, 6.07) is 7.20. The highest BCUT2D eigenvalue weighted by molar-refractivity contribution is 6.13. The van der Waals surface area contributed by atoms with E-state index in [0.717, 1.165) is 11.3 Å². The average Bonchev–Trinajstić information content (AvgIpc) is 3.08. The number of anilines is 1. The van der Waals surface area contributed by atoms with E-state index in [4.69, 9.17) is 4.42 Å². The van der Waals surface area contributed by atoms with Crippen LogP contribution in [0.2, 0.25) is 0 Å². The van der Waals surface area contributed by atoms with Crippen molar-refractivity contribution in [3.05, 3.63) is 53.6 Å². The highest BCUT2D eigenvalue weighted by Gasteiger charge is 2.18. The fraction of sp³-hybridized carbons (Fsp3) is 0.167. The number of Topliss-reactive ketones (excluding diaryl/α,β-unsaturated/α-hetero) is 1. The van der Waals surface area contributed by atoms with Gasteiger partial charge in [-0.15, -0.1) is 0 Å². The summed E-state index contributed by atoms with van der Waals surface area (Å²) in [7, 11) is 1.84. The van der Waals surface area contributed by atoms with E-state index in [1.165, 1.54) is 13.0 Å². The van der Waals surface area contributed by atoms with E-state index in [1.807, 2.05) is 26.1 Å². The molecule has 0 saturated heterocycles. The Balaban J connectivity index is 1.89. The zero-order valence-electron chi connectivity index (χ0n) is 13.7. The van der Waals surface area contributed by atoms with Gasteiger partial charge in [0.05, 0.1) is 11.9 Å². The van der Waals surface area contributed by atoms with Crippen LogP contribution in [0.15, 0.2) is 41.0 Å². The number of furan rings is 1. The lowest BCUT2D eigenvalue weighted by Gasteiger charge is -2.01. The minimum absolute atomic E-state index is 0.149. The Bertz CT molecular complexity index is 963. The molecule has 0 aliphatic carbocycles. The van der Waals surface area contributed by atoms with Crippen molar-refractivity contribution in [3.63, 3.8) is 0 Å². The minimum atomic E-state index is -0.340. The van der Waals surface area contributed by atoms with Crippen LogP contribution < -0.4 is 5.32 Å². The summed E-state index contributed by atoms with van der Waals surface area (Å²) in [5.74, 6) is -0.434. The lowest BCUT2D eigenvalue weighted by molar-refractivity contribution is -0.111. The van der Waals surface area contributed by atoms with Gasteiger partial charge in [0.15, 0.2) is 11.5 Å². The van der Waals surface area contributed by atoms with E-state index in [1.54, 1.807) is 29.1 Å². The molecule has 0 radical (unpaired) electrons. The standard InChI is InChI=1S/C18H17N3O3/c1-11-13(10-19-21(11)3)8-9-16(23)20-17-14-6-4-5-7-15(14)24-18(17)12(2)22/h4-10H,1-3H3,(H,20,23)/b9-8+. The SMILES string of the molecule is CC(=O)c1oc2ccccc2c1NC(=O)/C=C/c1cnn(C)c1C. The maximum atomic E-state index is 12.2. The van der Waals surface area contributed by atoms with Crippen molar-refractivity contribution in [3.8, 4) is 0 Å².